The number of ether oxygens (including phenoxy) is 1. The van der Waals surface area contributed by atoms with Gasteiger partial charge in [-0.05, 0) is 42.7 Å². The van der Waals surface area contributed by atoms with Gasteiger partial charge in [-0.2, -0.15) is 5.10 Å². The number of rotatable bonds is 7. The van der Waals surface area contributed by atoms with Gasteiger partial charge < -0.3 is 10.5 Å². The highest BCUT2D eigenvalue weighted by atomic mass is 32.2. The standard InChI is InChI=1S/C25H25N3O2S/c1-18(2)30-24(29)21-14-12-20(13-15-21)23-11-7-6-10-22(23)16-27-28-25(26)31-17-19-8-4-3-5-9-19/h3-16,18H,17H2,1-2H3,(H2,26,28). The SMILES string of the molecule is CC(C)OC(=O)c1ccc(-c2ccccc2C=NN=C(N)SCc2ccccc2)cc1. The molecular formula is C25H25N3O2S. The number of nitrogens with two attached hydrogens (primary N) is 1. The van der Waals surface area contributed by atoms with Crippen molar-refractivity contribution in [3.63, 3.8) is 0 Å². The van der Waals surface area contributed by atoms with Gasteiger partial charge in [-0.3, -0.25) is 0 Å². The average molecular weight is 432 g/mol. The molecule has 0 spiro atoms. The number of amidine groups is 1. The van der Waals surface area contributed by atoms with Crippen LogP contribution in [0.2, 0.25) is 0 Å². The Morgan fingerprint density at radius 2 is 1.68 bits per heavy atom. The third-order valence-corrected chi connectivity index (χ3v) is 5.17. The second kappa shape index (κ2) is 11.1. The summed E-state index contributed by atoms with van der Waals surface area (Å²) in [5.74, 6) is 0.419. The zero-order valence-corrected chi connectivity index (χ0v) is 18.4. The van der Waals surface area contributed by atoms with Crippen molar-refractivity contribution >= 4 is 29.1 Å². The fraction of sp³-hybridized carbons (Fsp3) is 0.160. The van der Waals surface area contributed by atoms with E-state index < -0.39 is 0 Å². The molecule has 0 amide bonds. The number of thioether (sulfide) groups is 1. The molecule has 31 heavy (non-hydrogen) atoms. The monoisotopic (exact) mass is 431 g/mol. The van der Waals surface area contributed by atoms with Crippen LogP contribution in [0.5, 0.6) is 0 Å². The zero-order valence-electron chi connectivity index (χ0n) is 17.6. The fourth-order valence-electron chi connectivity index (χ4n) is 2.85. The lowest BCUT2D eigenvalue weighted by Crippen LogP contribution is -2.11. The molecule has 0 aromatic heterocycles. The summed E-state index contributed by atoms with van der Waals surface area (Å²) in [6, 6.07) is 25.3. The van der Waals surface area contributed by atoms with Crippen LogP contribution >= 0.6 is 11.8 Å². The molecule has 0 aliphatic rings. The van der Waals surface area contributed by atoms with Crippen LogP contribution in [0.25, 0.3) is 11.1 Å². The maximum atomic E-state index is 12.0. The molecule has 0 saturated carbocycles. The van der Waals surface area contributed by atoms with Crippen molar-refractivity contribution in [2.24, 2.45) is 15.9 Å². The van der Waals surface area contributed by atoms with Gasteiger partial charge in [-0.15, -0.1) is 5.10 Å². The highest BCUT2D eigenvalue weighted by Crippen LogP contribution is 2.23. The van der Waals surface area contributed by atoms with Crippen molar-refractivity contribution in [2.45, 2.75) is 25.7 Å². The quantitative estimate of drug-likeness (QED) is 0.232. The van der Waals surface area contributed by atoms with Crippen LogP contribution in [-0.2, 0) is 10.5 Å². The van der Waals surface area contributed by atoms with E-state index in [1.807, 2.05) is 80.6 Å². The second-order valence-electron chi connectivity index (χ2n) is 7.08. The largest absolute Gasteiger partial charge is 0.459 e. The Morgan fingerprint density at radius 1 is 1.00 bits per heavy atom. The number of nitrogens with zero attached hydrogens (tertiary/aromatic N) is 2. The van der Waals surface area contributed by atoms with E-state index in [1.54, 1.807) is 18.3 Å². The van der Waals surface area contributed by atoms with E-state index in [4.69, 9.17) is 10.5 Å². The lowest BCUT2D eigenvalue weighted by Gasteiger charge is -2.09. The Kier molecular flexibility index (Phi) is 8.01. The summed E-state index contributed by atoms with van der Waals surface area (Å²) in [5.41, 5.74) is 10.5. The molecule has 0 radical (unpaired) electrons. The Hall–Kier alpha value is -3.38. The van der Waals surface area contributed by atoms with Crippen LogP contribution in [-0.4, -0.2) is 23.5 Å². The third-order valence-electron chi connectivity index (χ3n) is 4.32. The summed E-state index contributed by atoms with van der Waals surface area (Å²) in [6.45, 7) is 3.66. The topological polar surface area (TPSA) is 77.0 Å². The Labute approximate surface area is 187 Å². The number of carbonyl (C=O) groups excluding carboxylic acids is 1. The van der Waals surface area contributed by atoms with Crippen LogP contribution in [0.3, 0.4) is 0 Å². The van der Waals surface area contributed by atoms with Crippen molar-refractivity contribution in [1.82, 2.24) is 0 Å². The van der Waals surface area contributed by atoms with E-state index in [1.165, 1.54) is 17.3 Å². The van der Waals surface area contributed by atoms with E-state index >= 15 is 0 Å². The number of benzene rings is 3. The first kappa shape index (κ1) is 22.3. The number of hydrogen-bond acceptors (Lipinski definition) is 5. The van der Waals surface area contributed by atoms with Gasteiger partial charge in [0.1, 0.15) is 0 Å². The Balaban J connectivity index is 1.69. The van der Waals surface area contributed by atoms with Gasteiger partial charge in [0.2, 0.25) is 0 Å². The maximum Gasteiger partial charge on any atom is 0.338 e. The molecule has 0 atom stereocenters. The number of esters is 1. The summed E-state index contributed by atoms with van der Waals surface area (Å²) < 4.78 is 5.24. The molecule has 0 fully saturated rings. The van der Waals surface area contributed by atoms with Crippen molar-refractivity contribution in [1.29, 1.82) is 0 Å². The molecule has 0 aliphatic carbocycles. The smallest absolute Gasteiger partial charge is 0.338 e. The van der Waals surface area contributed by atoms with Crippen LogP contribution in [0.1, 0.15) is 35.3 Å². The third kappa shape index (κ3) is 6.83. The minimum atomic E-state index is -0.325. The minimum Gasteiger partial charge on any atom is -0.459 e. The maximum absolute atomic E-state index is 12.0. The van der Waals surface area contributed by atoms with Crippen molar-refractivity contribution in [3.8, 4) is 11.1 Å². The molecule has 6 heteroatoms. The van der Waals surface area contributed by atoms with Gasteiger partial charge in [0, 0.05) is 11.3 Å². The van der Waals surface area contributed by atoms with E-state index in [0.29, 0.717) is 10.7 Å². The van der Waals surface area contributed by atoms with Gasteiger partial charge in [0.15, 0.2) is 5.17 Å². The summed E-state index contributed by atoms with van der Waals surface area (Å²) in [4.78, 5) is 12.0. The molecule has 0 bridgehead atoms. The summed E-state index contributed by atoms with van der Waals surface area (Å²) in [5, 5.41) is 8.67. The summed E-state index contributed by atoms with van der Waals surface area (Å²) in [6.07, 6.45) is 1.54. The molecule has 3 aromatic rings. The van der Waals surface area contributed by atoms with Gasteiger partial charge >= 0.3 is 5.97 Å². The van der Waals surface area contributed by atoms with Gasteiger partial charge in [-0.1, -0.05) is 78.5 Å². The first-order valence-corrected chi connectivity index (χ1v) is 10.9. The molecule has 0 saturated heterocycles. The highest BCUT2D eigenvalue weighted by Gasteiger charge is 2.10. The van der Waals surface area contributed by atoms with Crippen molar-refractivity contribution in [3.05, 3.63) is 95.6 Å². The first-order valence-electron chi connectivity index (χ1n) is 9.96. The normalized spacial score (nSPS) is 11.8. The van der Waals surface area contributed by atoms with Gasteiger partial charge in [0.05, 0.1) is 17.9 Å². The molecule has 0 heterocycles. The van der Waals surface area contributed by atoms with E-state index in [9.17, 15) is 4.79 Å². The molecular weight excluding hydrogens is 406 g/mol. The van der Waals surface area contributed by atoms with Crippen LogP contribution < -0.4 is 5.73 Å². The lowest BCUT2D eigenvalue weighted by molar-refractivity contribution is 0.0378. The van der Waals surface area contributed by atoms with Crippen molar-refractivity contribution < 1.29 is 9.53 Å². The second-order valence-corrected chi connectivity index (χ2v) is 8.07. The van der Waals surface area contributed by atoms with E-state index in [2.05, 4.69) is 10.2 Å². The molecule has 2 N–H and O–H groups in total. The van der Waals surface area contributed by atoms with Crippen molar-refractivity contribution in [2.75, 3.05) is 0 Å². The molecule has 3 rings (SSSR count). The number of carbonyl (C=O) groups is 1. The zero-order chi connectivity index (χ0) is 22.1. The predicted molar refractivity (Wildman–Crippen MR) is 129 cm³/mol. The Morgan fingerprint density at radius 3 is 2.39 bits per heavy atom. The fourth-order valence-corrected chi connectivity index (χ4v) is 3.46. The van der Waals surface area contributed by atoms with Gasteiger partial charge in [0.25, 0.3) is 0 Å². The molecule has 0 aliphatic heterocycles. The van der Waals surface area contributed by atoms with Crippen LogP contribution in [0.4, 0.5) is 0 Å². The molecule has 3 aromatic carbocycles. The lowest BCUT2D eigenvalue weighted by atomic mass is 9.99. The first-order chi connectivity index (χ1) is 15.0. The number of hydrogen-bond donors (Lipinski definition) is 1. The highest BCUT2D eigenvalue weighted by molar-refractivity contribution is 8.13. The average Bonchev–Trinajstić information content (AvgIpc) is 2.78. The summed E-state index contributed by atoms with van der Waals surface area (Å²) in [7, 11) is 0. The van der Waals surface area contributed by atoms with Crippen LogP contribution in [0.15, 0.2) is 89.1 Å². The van der Waals surface area contributed by atoms with Crippen LogP contribution in [0, 0.1) is 0 Å². The minimum absolute atomic E-state index is 0.150. The molecule has 0 unspecified atom stereocenters. The Bertz CT molecular complexity index is 1060. The predicted octanol–water partition coefficient (Wildman–Crippen LogP) is 5.50. The molecule has 5 nitrogen and oxygen atoms in total. The summed E-state index contributed by atoms with van der Waals surface area (Å²) >= 11 is 1.44. The van der Waals surface area contributed by atoms with E-state index in [0.717, 1.165) is 22.4 Å². The van der Waals surface area contributed by atoms with E-state index in [-0.39, 0.29) is 12.1 Å². The van der Waals surface area contributed by atoms with Gasteiger partial charge in [-0.25, -0.2) is 4.79 Å². The molecule has 158 valence electrons.